The van der Waals surface area contributed by atoms with Crippen molar-refractivity contribution in [2.24, 2.45) is 0 Å². The number of halogens is 2. The first-order chi connectivity index (χ1) is 12.2. The number of nitrogens with zero attached hydrogens (tertiary/aromatic N) is 4. The van der Waals surface area contributed by atoms with Gasteiger partial charge in [0.05, 0.1) is 5.02 Å². The van der Waals surface area contributed by atoms with Gasteiger partial charge in [-0.15, -0.1) is 10.2 Å². The van der Waals surface area contributed by atoms with Crippen molar-refractivity contribution < 1.29 is 0 Å². The van der Waals surface area contributed by atoms with E-state index in [0.717, 1.165) is 22.4 Å². The molecule has 0 bridgehead atoms. The van der Waals surface area contributed by atoms with Crippen LogP contribution in [0, 0.1) is 0 Å². The molecule has 7 heteroatoms. The first kappa shape index (κ1) is 15.9. The third-order valence-electron chi connectivity index (χ3n) is 3.90. The number of aromatic nitrogens is 4. The van der Waals surface area contributed by atoms with E-state index in [1.54, 1.807) is 11.6 Å². The molecule has 0 fully saturated rings. The average Bonchev–Trinajstić information content (AvgIpc) is 3.04. The van der Waals surface area contributed by atoms with Crippen molar-refractivity contribution in [1.29, 1.82) is 0 Å². The van der Waals surface area contributed by atoms with Gasteiger partial charge in [-0.3, -0.25) is 0 Å². The maximum absolute atomic E-state index is 6.42. The van der Waals surface area contributed by atoms with Gasteiger partial charge in [-0.25, -0.2) is 0 Å². The zero-order chi connectivity index (χ0) is 17.4. The fraction of sp³-hybridized carbons (Fsp3) is 0.0556. The van der Waals surface area contributed by atoms with E-state index in [4.69, 9.17) is 28.3 Å². The lowest BCUT2D eigenvalue weighted by atomic mass is 10.00. The Morgan fingerprint density at radius 3 is 2.40 bits per heavy atom. The molecule has 25 heavy (non-hydrogen) atoms. The minimum absolute atomic E-state index is 0.561. The summed E-state index contributed by atoms with van der Waals surface area (Å²) in [5.74, 6) is 0.561. The molecule has 2 aromatic heterocycles. The summed E-state index contributed by atoms with van der Waals surface area (Å²) >= 11 is 12.5. The van der Waals surface area contributed by atoms with E-state index in [2.05, 4.69) is 15.5 Å². The van der Waals surface area contributed by atoms with Crippen LogP contribution < -0.4 is 5.32 Å². The molecule has 0 aliphatic rings. The second-order valence-corrected chi connectivity index (χ2v) is 6.28. The van der Waals surface area contributed by atoms with Crippen molar-refractivity contribution in [3.8, 4) is 22.4 Å². The molecular weight excluding hydrogens is 357 g/mol. The third kappa shape index (κ3) is 2.81. The maximum Gasteiger partial charge on any atom is 0.245 e. The third-order valence-corrected chi connectivity index (χ3v) is 4.48. The fourth-order valence-electron chi connectivity index (χ4n) is 2.69. The Morgan fingerprint density at radius 1 is 0.920 bits per heavy atom. The van der Waals surface area contributed by atoms with Crippen LogP contribution in [-0.2, 0) is 0 Å². The summed E-state index contributed by atoms with van der Waals surface area (Å²) in [5.41, 5.74) is 4.12. The Labute approximate surface area is 154 Å². The number of hydrogen-bond acceptors (Lipinski definition) is 4. The summed E-state index contributed by atoms with van der Waals surface area (Å²) in [7, 11) is 1.78. The first-order valence-electron chi connectivity index (χ1n) is 7.62. The van der Waals surface area contributed by atoms with Gasteiger partial charge in [-0.2, -0.15) is 9.61 Å². The average molecular weight is 370 g/mol. The number of anilines is 1. The van der Waals surface area contributed by atoms with Gasteiger partial charge in [-0.05, 0) is 29.8 Å². The highest BCUT2D eigenvalue weighted by Gasteiger charge is 2.16. The van der Waals surface area contributed by atoms with Gasteiger partial charge in [0.25, 0.3) is 0 Å². The highest BCUT2D eigenvalue weighted by atomic mass is 35.5. The first-order valence-corrected chi connectivity index (χ1v) is 8.38. The van der Waals surface area contributed by atoms with Gasteiger partial charge in [0.2, 0.25) is 5.95 Å². The van der Waals surface area contributed by atoms with Crippen LogP contribution in [0.2, 0.25) is 10.0 Å². The standard InChI is InChI=1S/C18H13Cl2N5/c1-21-18-23-22-16-10-14(11-6-8-12(19)9-7-11)17(24-25(16)18)13-4-2-3-5-15(13)20/h2-10H,1H3,(H,21,23). The molecule has 0 saturated heterocycles. The van der Waals surface area contributed by atoms with Crippen molar-refractivity contribution in [2.45, 2.75) is 0 Å². The molecule has 0 spiro atoms. The normalized spacial score (nSPS) is 11.0. The monoisotopic (exact) mass is 369 g/mol. The molecule has 0 aliphatic carbocycles. The molecule has 0 unspecified atom stereocenters. The van der Waals surface area contributed by atoms with Gasteiger partial charge >= 0.3 is 0 Å². The summed E-state index contributed by atoms with van der Waals surface area (Å²) in [5, 5.41) is 17.3. The van der Waals surface area contributed by atoms with Gasteiger partial charge in [-0.1, -0.05) is 53.5 Å². The zero-order valence-corrected chi connectivity index (χ0v) is 14.8. The van der Waals surface area contributed by atoms with Crippen molar-refractivity contribution in [1.82, 2.24) is 19.8 Å². The van der Waals surface area contributed by atoms with Crippen LogP contribution in [0.3, 0.4) is 0 Å². The zero-order valence-electron chi connectivity index (χ0n) is 13.2. The molecule has 2 heterocycles. The minimum atomic E-state index is 0.561. The van der Waals surface area contributed by atoms with Crippen LogP contribution in [0.5, 0.6) is 0 Å². The van der Waals surface area contributed by atoms with Gasteiger partial charge in [0.1, 0.15) is 5.69 Å². The quantitative estimate of drug-likeness (QED) is 0.563. The van der Waals surface area contributed by atoms with Crippen LogP contribution >= 0.6 is 23.2 Å². The number of benzene rings is 2. The Bertz CT molecular complexity index is 1060. The number of rotatable bonds is 3. The molecular formula is C18H13Cl2N5. The Morgan fingerprint density at radius 2 is 1.68 bits per heavy atom. The summed E-state index contributed by atoms with van der Waals surface area (Å²) < 4.78 is 1.66. The van der Waals surface area contributed by atoms with E-state index >= 15 is 0 Å². The van der Waals surface area contributed by atoms with Crippen LogP contribution in [0.25, 0.3) is 28.0 Å². The van der Waals surface area contributed by atoms with Gasteiger partial charge < -0.3 is 5.32 Å². The van der Waals surface area contributed by atoms with Crippen LogP contribution in [0.1, 0.15) is 0 Å². The number of nitrogens with one attached hydrogen (secondary N) is 1. The Kier molecular flexibility index (Phi) is 4.03. The van der Waals surface area contributed by atoms with Crippen molar-refractivity contribution in [3.05, 3.63) is 64.6 Å². The molecule has 0 amide bonds. The summed E-state index contributed by atoms with van der Waals surface area (Å²) in [6, 6.07) is 17.2. The molecule has 2 aromatic carbocycles. The molecule has 4 rings (SSSR count). The second kappa shape index (κ2) is 6.35. The molecule has 0 atom stereocenters. The van der Waals surface area contributed by atoms with E-state index in [1.165, 1.54) is 0 Å². The topological polar surface area (TPSA) is 55.1 Å². The molecule has 124 valence electrons. The van der Waals surface area contributed by atoms with E-state index < -0.39 is 0 Å². The van der Waals surface area contributed by atoms with E-state index in [9.17, 15) is 0 Å². The Balaban J connectivity index is 2.04. The van der Waals surface area contributed by atoms with Gasteiger partial charge in [0.15, 0.2) is 5.65 Å². The second-order valence-electron chi connectivity index (χ2n) is 5.44. The largest absolute Gasteiger partial charge is 0.356 e. The molecule has 0 saturated carbocycles. The lowest BCUT2D eigenvalue weighted by molar-refractivity contribution is 0.938. The van der Waals surface area contributed by atoms with Crippen LogP contribution in [0.15, 0.2) is 54.6 Å². The predicted molar refractivity (Wildman–Crippen MR) is 101 cm³/mol. The summed E-state index contributed by atoms with van der Waals surface area (Å²) in [6.45, 7) is 0. The highest BCUT2D eigenvalue weighted by Crippen LogP contribution is 2.35. The van der Waals surface area contributed by atoms with Gasteiger partial charge in [0, 0.05) is 23.2 Å². The maximum atomic E-state index is 6.42. The molecule has 1 N–H and O–H groups in total. The lowest BCUT2D eigenvalue weighted by Gasteiger charge is -2.12. The van der Waals surface area contributed by atoms with E-state index in [1.807, 2.05) is 54.6 Å². The van der Waals surface area contributed by atoms with E-state index in [-0.39, 0.29) is 0 Å². The summed E-state index contributed by atoms with van der Waals surface area (Å²) in [4.78, 5) is 0. The fourth-order valence-corrected chi connectivity index (χ4v) is 3.04. The minimum Gasteiger partial charge on any atom is -0.356 e. The number of hydrogen-bond donors (Lipinski definition) is 1. The van der Waals surface area contributed by atoms with Crippen molar-refractivity contribution >= 4 is 34.8 Å². The lowest BCUT2D eigenvalue weighted by Crippen LogP contribution is -2.02. The highest BCUT2D eigenvalue weighted by molar-refractivity contribution is 6.33. The SMILES string of the molecule is CNc1nnc2cc(-c3ccc(Cl)cc3)c(-c3ccccc3Cl)nn12. The van der Waals surface area contributed by atoms with Crippen LogP contribution in [0.4, 0.5) is 5.95 Å². The van der Waals surface area contributed by atoms with Crippen molar-refractivity contribution in [2.75, 3.05) is 12.4 Å². The smallest absolute Gasteiger partial charge is 0.245 e. The molecule has 0 aliphatic heterocycles. The molecule has 4 aromatic rings. The molecule has 5 nitrogen and oxygen atoms in total. The predicted octanol–water partition coefficient (Wildman–Crippen LogP) is 4.81. The van der Waals surface area contributed by atoms with Crippen LogP contribution in [-0.4, -0.2) is 26.9 Å². The molecule has 0 radical (unpaired) electrons. The number of fused-ring (bicyclic) bond motifs is 1. The summed E-state index contributed by atoms with van der Waals surface area (Å²) in [6.07, 6.45) is 0. The Hall–Kier alpha value is -2.63. The van der Waals surface area contributed by atoms with E-state index in [0.29, 0.717) is 21.6 Å². The van der Waals surface area contributed by atoms with Crippen molar-refractivity contribution in [3.63, 3.8) is 0 Å².